The average Bonchev–Trinajstić information content (AvgIpc) is 3.48. The topological polar surface area (TPSA) is 80.1 Å². The maximum Gasteiger partial charge on any atom is 0.244 e. The van der Waals surface area contributed by atoms with Crippen LogP contribution in [0.15, 0.2) is 77.3 Å². The SMILES string of the molecule is C[C@H](Sc1nnc(-c2cccs2)n1-c1ccccc1)C(=O)N1CC(=O)Nc2ccccc21. The van der Waals surface area contributed by atoms with Crippen molar-refractivity contribution in [3.63, 3.8) is 0 Å². The molecule has 0 aliphatic carbocycles. The molecule has 0 radical (unpaired) electrons. The van der Waals surface area contributed by atoms with Crippen molar-refractivity contribution < 1.29 is 9.59 Å². The number of carbonyl (C=O) groups excluding carboxylic acids is 2. The molecule has 9 heteroatoms. The molecule has 1 N–H and O–H groups in total. The quantitative estimate of drug-likeness (QED) is 0.444. The van der Waals surface area contributed by atoms with Crippen molar-refractivity contribution in [2.75, 3.05) is 16.8 Å². The fourth-order valence-corrected chi connectivity index (χ4v) is 5.21. The third kappa shape index (κ3) is 3.80. The summed E-state index contributed by atoms with van der Waals surface area (Å²) < 4.78 is 1.97. The van der Waals surface area contributed by atoms with Crippen molar-refractivity contribution in [1.29, 1.82) is 0 Å². The van der Waals surface area contributed by atoms with Gasteiger partial charge in [0.05, 0.1) is 21.5 Å². The monoisotopic (exact) mass is 461 g/mol. The van der Waals surface area contributed by atoms with Crippen molar-refractivity contribution in [2.24, 2.45) is 0 Å². The summed E-state index contributed by atoms with van der Waals surface area (Å²) in [6, 6.07) is 21.1. The Morgan fingerprint density at radius 3 is 2.62 bits per heavy atom. The summed E-state index contributed by atoms with van der Waals surface area (Å²) in [5, 5.41) is 13.8. The van der Waals surface area contributed by atoms with Gasteiger partial charge < -0.3 is 5.32 Å². The van der Waals surface area contributed by atoms with E-state index in [4.69, 9.17) is 0 Å². The number of nitrogens with one attached hydrogen (secondary N) is 1. The Bertz CT molecular complexity index is 1270. The molecule has 1 aliphatic heterocycles. The van der Waals surface area contributed by atoms with Gasteiger partial charge in [-0.2, -0.15) is 0 Å². The Kier molecular flexibility index (Phi) is 5.50. The van der Waals surface area contributed by atoms with Gasteiger partial charge >= 0.3 is 0 Å². The maximum absolute atomic E-state index is 13.4. The van der Waals surface area contributed by atoms with E-state index in [9.17, 15) is 9.59 Å². The number of anilines is 2. The number of thioether (sulfide) groups is 1. The molecule has 2 aromatic carbocycles. The van der Waals surface area contributed by atoms with Crippen LogP contribution < -0.4 is 10.2 Å². The average molecular weight is 462 g/mol. The van der Waals surface area contributed by atoms with Gasteiger partial charge in [-0.05, 0) is 42.6 Å². The number of thiophene rings is 1. The van der Waals surface area contributed by atoms with Gasteiger partial charge in [-0.3, -0.25) is 19.1 Å². The molecule has 32 heavy (non-hydrogen) atoms. The van der Waals surface area contributed by atoms with Crippen LogP contribution in [0, 0.1) is 0 Å². The van der Waals surface area contributed by atoms with E-state index in [0.717, 1.165) is 16.4 Å². The highest BCUT2D eigenvalue weighted by molar-refractivity contribution is 8.00. The second kappa shape index (κ2) is 8.60. The number of fused-ring (bicyclic) bond motifs is 1. The molecule has 5 rings (SSSR count). The molecule has 0 fully saturated rings. The highest BCUT2D eigenvalue weighted by Gasteiger charge is 2.31. The van der Waals surface area contributed by atoms with Crippen LogP contribution in [0.4, 0.5) is 11.4 Å². The third-order valence-corrected chi connectivity index (χ3v) is 6.95. The predicted molar refractivity (Wildman–Crippen MR) is 127 cm³/mol. The number of rotatable bonds is 5. The summed E-state index contributed by atoms with van der Waals surface area (Å²) in [5.74, 6) is 0.371. The summed E-state index contributed by atoms with van der Waals surface area (Å²) in [6.45, 7) is 1.82. The van der Waals surface area contributed by atoms with Gasteiger partial charge in [-0.1, -0.05) is 48.2 Å². The minimum Gasteiger partial charge on any atom is -0.323 e. The van der Waals surface area contributed by atoms with E-state index in [0.29, 0.717) is 16.5 Å². The number of aromatic nitrogens is 3. The van der Waals surface area contributed by atoms with Gasteiger partial charge in [-0.15, -0.1) is 21.5 Å². The molecular weight excluding hydrogens is 442 g/mol. The number of nitrogens with zero attached hydrogens (tertiary/aromatic N) is 4. The summed E-state index contributed by atoms with van der Waals surface area (Å²) >= 11 is 2.92. The lowest BCUT2D eigenvalue weighted by atomic mass is 10.2. The predicted octanol–water partition coefficient (Wildman–Crippen LogP) is 4.46. The largest absolute Gasteiger partial charge is 0.323 e. The molecule has 7 nitrogen and oxygen atoms in total. The molecule has 2 aromatic heterocycles. The summed E-state index contributed by atoms with van der Waals surface area (Å²) in [4.78, 5) is 28.1. The van der Waals surface area contributed by atoms with Gasteiger partial charge in [-0.25, -0.2) is 0 Å². The van der Waals surface area contributed by atoms with E-state index in [1.165, 1.54) is 16.7 Å². The summed E-state index contributed by atoms with van der Waals surface area (Å²) in [5.41, 5.74) is 2.26. The number of carbonyl (C=O) groups is 2. The highest BCUT2D eigenvalue weighted by atomic mass is 32.2. The minimum atomic E-state index is -0.475. The number of hydrogen-bond acceptors (Lipinski definition) is 6. The first-order valence-corrected chi connectivity index (χ1v) is 11.8. The number of hydrogen-bond donors (Lipinski definition) is 1. The second-order valence-corrected chi connectivity index (χ2v) is 9.46. The Morgan fingerprint density at radius 1 is 1.06 bits per heavy atom. The number of benzene rings is 2. The normalized spacial score (nSPS) is 14.0. The van der Waals surface area contributed by atoms with Crippen LogP contribution in [0.5, 0.6) is 0 Å². The molecule has 0 saturated carbocycles. The van der Waals surface area contributed by atoms with E-state index >= 15 is 0 Å². The highest BCUT2D eigenvalue weighted by Crippen LogP contribution is 2.34. The lowest BCUT2D eigenvalue weighted by Gasteiger charge is -2.30. The standard InChI is InChI=1S/C23H19N5O2S2/c1-15(22(30)27-14-20(29)24-17-10-5-6-11-18(17)27)32-23-26-25-21(19-12-7-13-31-19)28(23)16-8-3-2-4-9-16/h2-13,15H,14H2,1H3,(H,24,29)/t15-/m0/s1. The molecule has 2 amide bonds. The molecule has 0 saturated heterocycles. The van der Waals surface area contributed by atoms with Crippen molar-refractivity contribution in [1.82, 2.24) is 14.8 Å². The van der Waals surface area contributed by atoms with E-state index in [1.54, 1.807) is 17.4 Å². The van der Waals surface area contributed by atoms with E-state index in [2.05, 4.69) is 15.5 Å². The molecular formula is C23H19N5O2S2. The van der Waals surface area contributed by atoms with Gasteiger partial charge in [0.1, 0.15) is 6.54 Å². The van der Waals surface area contributed by atoms with Crippen LogP contribution in [0.1, 0.15) is 6.92 Å². The first kappa shape index (κ1) is 20.5. The van der Waals surface area contributed by atoms with Crippen molar-refractivity contribution >= 4 is 46.3 Å². The van der Waals surface area contributed by atoms with E-state index in [1.807, 2.05) is 77.5 Å². The molecule has 4 aromatic rings. The van der Waals surface area contributed by atoms with Gasteiger partial charge in [0, 0.05) is 5.69 Å². The van der Waals surface area contributed by atoms with Gasteiger partial charge in [0.2, 0.25) is 11.8 Å². The molecule has 0 spiro atoms. The Labute approximate surface area is 193 Å². The molecule has 3 heterocycles. The molecule has 0 bridgehead atoms. The first-order chi connectivity index (χ1) is 15.6. The second-order valence-electron chi connectivity index (χ2n) is 7.20. The Balaban J connectivity index is 1.47. The molecule has 0 unspecified atom stereocenters. The van der Waals surface area contributed by atoms with E-state index < -0.39 is 5.25 Å². The maximum atomic E-state index is 13.4. The van der Waals surface area contributed by atoms with Crippen molar-refractivity contribution in [2.45, 2.75) is 17.3 Å². The van der Waals surface area contributed by atoms with Crippen molar-refractivity contribution in [3.05, 3.63) is 72.1 Å². The lowest BCUT2D eigenvalue weighted by molar-refractivity contribution is -0.121. The zero-order valence-corrected chi connectivity index (χ0v) is 18.8. The molecule has 160 valence electrons. The van der Waals surface area contributed by atoms with Crippen molar-refractivity contribution in [3.8, 4) is 16.4 Å². The van der Waals surface area contributed by atoms with Crippen LogP contribution in [0.3, 0.4) is 0 Å². The fraction of sp³-hybridized carbons (Fsp3) is 0.130. The minimum absolute atomic E-state index is 0.00737. The number of para-hydroxylation sites is 3. The van der Waals surface area contributed by atoms with Gasteiger partial charge in [0.15, 0.2) is 11.0 Å². The van der Waals surface area contributed by atoms with Crippen LogP contribution in [-0.2, 0) is 9.59 Å². The Hall–Kier alpha value is -3.43. The third-order valence-electron chi connectivity index (χ3n) is 5.06. The smallest absolute Gasteiger partial charge is 0.244 e. The van der Waals surface area contributed by atoms with Crippen LogP contribution in [-0.4, -0.2) is 38.4 Å². The molecule has 1 aliphatic rings. The molecule has 1 atom stereocenters. The van der Waals surface area contributed by atoms with Crippen LogP contribution in [0.2, 0.25) is 0 Å². The summed E-state index contributed by atoms with van der Waals surface area (Å²) in [6.07, 6.45) is 0. The van der Waals surface area contributed by atoms with E-state index in [-0.39, 0.29) is 18.4 Å². The fourth-order valence-electron chi connectivity index (χ4n) is 3.58. The lowest BCUT2D eigenvalue weighted by Crippen LogP contribution is -2.45. The van der Waals surface area contributed by atoms with Crippen LogP contribution >= 0.6 is 23.1 Å². The zero-order valence-electron chi connectivity index (χ0n) is 17.1. The van der Waals surface area contributed by atoms with Crippen LogP contribution in [0.25, 0.3) is 16.4 Å². The number of amides is 2. The Morgan fingerprint density at radius 2 is 1.84 bits per heavy atom. The van der Waals surface area contributed by atoms with Gasteiger partial charge in [0.25, 0.3) is 0 Å². The summed E-state index contributed by atoms with van der Waals surface area (Å²) in [7, 11) is 0. The zero-order chi connectivity index (χ0) is 22.1. The first-order valence-electron chi connectivity index (χ1n) is 10.0.